The standard InChI is InChI=1S/C53H93NO8/c1-3-5-7-9-11-13-15-17-19-20-21-22-23-24-25-26-27-28-29-31-33-35-37-39-41-43-49(57)54-46(45-61-53-52(60)51(59)50(58)48(44-55)62-53)47(56)42-40-38-36-34-32-30-18-16-14-12-10-8-6-4-2/h5,7,11,13,17,19,21-22,24-25,27-28,46-48,50-53,55-56,58-60H,3-4,6,8-10,12,14-16,18,20,23,26,29-45H2,1-2H3,(H,54,57)/b7-5-,13-11-,19-17-,22-21-,25-24-,28-27-. The van der Waals surface area contributed by atoms with E-state index in [4.69, 9.17) is 9.47 Å². The summed E-state index contributed by atoms with van der Waals surface area (Å²) in [6.45, 7) is 3.70. The molecule has 1 saturated heterocycles. The van der Waals surface area contributed by atoms with E-state index in [-0.39, 0.29) is 12.5 Å². The highest BCUT2D eigenvalue weighted by Gasteiger charge is 2.44. The van der Waals surface area contributed by atoms with Crippen molar-refractivity contribution >= 4 is 5.91 Å². The first-order chi connectivity index (χ1) is 30.3. The highest BCUT2D eigenvalue weighted by molar-refractivity contribution is 5.76. The van der Waals surface area contributed by atoms with E-state index >= 15 is 0 Å². The molecule has 9 heteroatoms. The minimum absolute atomic E-state index is 0.148. The summed E-state index contributed by atoms with van der Waals surface area (Å²) in [5.41, 5.74) is 0. The van der Waals surface area contributed by atoms with E-state index in [1.807, 2.05) is 0 Å². The fourth-order valence-electron chi connectivity index (χ4n) is 7.58. The molecule has 62 heavy (non-hydrogen) atoms. The number of ether oxygens (including phenoxy) is 2. The van der Waals surface area contributed by atoms with Crippen LogP contribution in [0.2, 0.25) is 0 Å². The zero-order valence-corrected chi connectivity index (χ0v) is 39.4. The summed E-state index contributed by atoms with van der Waals surface area (Å²) in [6, 6.07) is -0.731. The molecule has 1 aliphatic heterocycles. The van der Waals surface area contributed by atoms with Crippen LogP contribution in [-0.2, 0) is 14.3 Å². The van der Waals surface area contributed by atoms with Gasteiger partial charge in [-0.15, -0.1) is 0 Å². The zero-order valence-electron chi connectivity index (χ0n) is 39.4. The summed E-state index contributed by atoms with van der Waals surface area (Å²) >= 11 is 0. The van der Waals surface area contributed by atoms with Gasteiger partial charge in [0.25, 0.3) is 0 Å². The maximum Gasteiger partial charge on any atom is 0.220 e. The molecule has 0 bridgehead atoms. The molecule has 7 atom stereocenters. The van der Waals surface area contributed by atoms with Crippen LogP contribution in [-0.4, -0.2) is 87.5 Å². The minimum Gasteiger partial charge on any atom is -0.394 e. The van der Waals surface area contributed by atoms with Crippen molar-refractivity contribution in [2.45, 2.75) is 243 Å². The summed E-state index contributed by atoms with van der Waals surface area (Å²) in [6.07, 6.45) is 50.5. The molecule has 0 radical (unpaired) electrons. The number of allylic oxidation sites excluding steroid dienone is 12. The number of hydrogen-bond acceptors (Lipinski definition) is 8. The first-order valence-corrected chi connectivity index (χ1v) is 25.1. The van der Waals surface area contributed by atoms with E-state index in [1.165, 1.54) is 77.0 Å². The first kappa shape index (κ1) is 57.6. The first-order valence-electron chi connectivity index (χ1n) is 25.1. The molecular formula is C53H93NO8. The largest absolute Gasteiger partial charge is 0.394 e. The molecule has 7 unspecified atom stereocenters. The van der Waals surface area contributed by atoms with Crippen molar-refractivity contribution in [3.05, 3.63) is 72.9 Å². The molecule has 1 fully saturated rings. The third-order valence-electron chi connectivity index (χ3n) is 11.6. The van der Waals surface area contributed by atoms with Crippen molar-refractivity contribution in [2.24, 2.45) is 0 Å². The average molecular weight is 872 g/mol. The number of aliphatic hydroxyl groups is 5. The maximum absolute atomic E-state index is 13.0. The zero-order chi connectivity index (χ0) is 45.1. The fraction of sp³-hybridized carbons (Fsp3) is 0.755. The Morgan fingerprint density at radius 3 is 1.48 bits per heavy atom. The Kier molecular flexibility index (Phi) is 39.6. The second-order valence-corrected chi connectivity index (χ2v) is 17.2. The van der Waals surface area contributed by atoms with E-state index in [2.05, 4.69) is 92.1 Å². The van der Waals surface area contributed by atoms with Gasteiger partial charge in [-0.25, -0.2) is 0 Å². The van der Waals surface area contributed by atoms with Gasteiger partial charge in [-0.2, -0.15) is 0 Å². The van der Waals surface area contributed by atoms with E-state index < -0.39 is 49.5 Å². The fourth-order valence-corrected chi connectivity index (χ4v) is 7.58. The van der Waals surface area contributed by atoms with E-state index in [0.717, 1.165) is 96.3 Å². The Morgan fingerprint density at radius 1 is 0.565 bits per heavy atom. The predicted molar refractivity (Wildman–Crippen MR) is 258 cm³/mol. The van der Waals surface area contributed by atoms with Gasteiger partial charge in [0.05, 0.1) is 25.4 Å². The molecule has 1 aliphatic rings. The third kappa shape index (κ3) is 32.3. The molecule has 0 aliphatic carbocycles. The molecular weight excluding hydrogens is 779 g/mol. The highest BCUT2D eigenvalue weighted by atomic mass is 16.7. The van der Waals surface area contributed by atoms with Gasteiger partial charge in [-0.3, -0.25) is 4.79 Å². The Labute approximate surface area is 378 Å². The topological polar surface area (TPSA) is 149 Å². The molecule has 0 spiro atoms. The lowest BCUT2D eigenvalue weighted by Crippen LogP contribution is -2.60. The maximum atomic E-state index is 13.0. The third-order valence-corrected chi connectivity index (χ3v) is 11.6. The van der Waals surface area contributed by atoms with Crippen LogP contribution < -0.4 is 5.32 Å². The van der Waals surface area contributed by atoms with Gasteiger partial charge in [0, 0.05) is 6.42 Å². The van der Waals surface area contributed by atoms with Crippen LogP contribution in [0.5, 0.6) is 0 Å². The van der Waals surface area contributed by atoms with Gasteiger partial charge < -0.3 is 40.3 Å². The lowest BCUT2D eigenvalue weighted by atomic mass is 9.99. The second-order valence-electron chi connectivity index (χ2n) is 17.2. The summed E-state index contributed by atoms with van der Waals surface area (Å²) < 4.78 is 11.3. The van der Waals surface area contributed by atoms with Crippen LogP contribution in [0.25, 0.3) is 0 Å². The minimum atomic E-state index is -1.56. The normalized spacial score (nSPS) is 20.9. The van der Waals surface area contributed by atoms with E-state index in [1.54, 1.807) is 0 Å². The van der Waals surface area contributed by atoms with Crippen LogP contribution in [0.1, 0.15) is 200 Å². The van der Waals surface area contributed by atoms with E-state index in [0.29, 0.717) is 12.8 Å². The SMILES string of the molecule is CC/C=C\C/C=C\C/C=C\C/C=C\C/C=C\C/C=C\CCCCCCCCC(=O)NC(COC1OC(CO)C(O)C(O)C1O)C(O)CCCCCCCCCCCCCCCC. The van der Waals surface area contributed by atoms with Crippen molar-refractivity contribution in [1.82, 2.24) is 5.32 Å². The van der Waals surface area contributed by atoms with Gasteiger partial charge in [-0.05, 0) is 64.2 Å². The monoisotopic (exact) mass is 872 g/mol. The molecule has 1 amide bonds. The van der Waals surface area contributed by atoms with Crippen molar-refractivity contribution in [3.8, 4) is 0 Å². The van der Waals surface area contributed by atoms with Gasteiger partial charge >= 0.3 is 0 Å². The quantitative estimate of drug-likeness (QED) is 0.0263. The number of rotatable bonds is 41. The summed E-state index contributed by atoms with van der Waals surface area (Å²) in [7, 11) is 0. The van der Waals surface area contributed by atoms with Gasteiger partial charge in [-0.1, -0.05) is 202 Å². The number of carbonyl (C=O) groups is 1. The van der Waals surface area contributed by atoms with Crippen molar-refractivity contribution in [1.29, 1.82) is 0 Å². The Hall–Kier alpha value is -2.37. The molecule has 9 nitrogen and oxygen atoms in total. The molecule has 0 aromatic rings. The van der Waals surface area contributed by atoms with Crippen LogP contribution in [0.3, 0.4) is 0 Å². The molecule has 358 valence electrons. The van der Waals surface area contributed by atoms with Crippen molar-refractivity contribution < 1.29 is 39.8 Å². The number of amides is 1. The Balaban J connectivity index is 2.28. The van der Waals surface area contributed by atoms with Crippen molar-refractivity contribution in [3.63, 3.8) is 0 Å². The number of nitrogens with one attached hydrogen (secondary N) is 1. The van der Waals surface area contributed by atoms with Gasteiger partial charge in [0.15, 0.2) is 6.29 Å². The summed E-state index contributed by atoms with van der Waals surface area (Å²) in [5.74, 6) is -0.162. The number of carbonyl (C=O) groups excluding carboxylic acids is 1. The predicted octanol–water partition coefficient (Wildman–Crippen LogP) is 11.3. The number of hydrogen-bond donors (Lipinski definition) is 6. The van der Waals surface area contributed by atoms with E-state index in [9.17, 15) is 30.3 Å². The van der Waals surface area contributed by atoms with Crippen molar-refractivity contribution in [2.75, 3.05) is 13.2 Å². The molecule has 1 heterocycles. The van der Waals surface area contributed by atoms with Crippen LogP contribution in [0.4, 0.5) is 0 Å². The van der Waals surface area contributed by atoms with Gasteiger partial charge in [0.2, 0.25) is 5.91 Å². The summed E-state index contributed by atoms with van der Waals surface area (Å²) in [5, 5.41) is 54.4. The lowest BCUT2D eigenvalue weighted by Gasteiger charge is -2.40. The van der Waals surface area contributed by atoms with Crippen LogP contribution >= 0.6 is 0 Å². The molecule has 0 aromatic heterocycles. The number of aliphatic hydroxyl groups excluding tert-OH is 5. The molecule has 6 N–H and O–H groups in total. The smallest absolute Gasteiger partial charge is 0.220 e. The van der Waals surface area contributed by atoms with Crippen LogP contribution in [0.15, 0.2) is 72.9 Å². The average Bonchev–Trinajstić information content (AvgIpc) is 3.27. The highest BCUT2D eigenvalue weighted by Crippen LogP contribution is 2.23. The Bertz CT molecular complexity index is 1200. The molecule has 1 rings (SSSR count). The van der Waals surface area contributed by atoms with Crippen LogP contribution in [0, 0.1) is 0 Å². The van der Waals surface area contributed by atoms with Gasteiger partial charge in [0.1, 0.15) is 24.4 Å². The lowest BCUT2D eigenvalue weighted by molar-refractivity contribution is -0.302. The second kappa shape index (κ2) is 42.6. The molecule has 0 saturated carbocycles. The molecule has 0 aromatic carbocycles. The Morgan fingerprint density at radius 2 is 1.00 bits per heavy atom. The number of unbranched alkanes of at least 4 members (excludes halogenated alkanes) is 19. The summed E-state index contributed by atoms with van der Waals surface area (Å²) in [4.78, 5) is 13.0.